The van der Waals surface area contributed by atoms with Crippen molar-refractivity contribution in [3.05, 3.63) is 52.4 Å². The van der Waals surface area contributed by atoms with E-state index in [0.717, 1.165) is 48.5 Å². The SMILES string of the molecule is Cc1noc(C)c1CS(=O)Cc1ccc(C(=O)N2CCCC2)cc1. The second-order valence-corrected chi connectivity index (χ2v) is 7.68. The maximum Gasteiger partial charge on any atom is 0.253 e. The molecule has 2 aromatic rings. The van der Waals surface area contributed by atoms with Gasteiger partial charge in [-0.1, -0.05) is 17.3 Å². The molecule has 1 amide bonds. The minimum Gasteiger partial charge on any atom is -0.361 e. The summed E-state index contributed by atoms with van der Waals surface area (Å²) in [5.74, 6) is 1.72. The highest BCUT2D eigenvalue weighted by atomic mass is 32.2. The lowest BCUT2D eigenvalue weighted by molar-refractivity contribution is 0.0793. The normalized spacial score (nSPS) is 15.7. The van der Waals surface area contributed by atoms with E-state index in [0.29, 0.717) is 17.1 Å². The Kier molecular flexibility index (Phi) is 5.14. The molecule has 0 N–H and O–H groups in total. The van der Waals surface area contributed by atoms with Gasteiger partial charge in [-0.15, -0.1) is 0 Å². The molecule has 1 unspecified atom stereocenters. The zero-order valence-electron chi connectivity index (χ0n) is 14.1. The molecule has 0 radical (unpaired) electrons. The molecule has 0 saturated carbocycles. The summed E-state index contributed by atoms with van der Waals surface area (Å²) in [5, 5.41) is 3.89. The molecular weight excluding hydrogens is 324 g/mol. The Morgan fingerprint density at radius 2 is 1.83 bits per heavy atom. The van der Waals surface area contributed by atoms with Crippen LogP contribution in [0, 0.1) is 13.8 Å². The Bertz CT molecular complexity index is 727. The van der Waals surface area contributed by atoms with E-state index >= 15 is 0 Å². The van der Waals surface area contributed by atoms with Gasteiger partial charge in [0.05, 0.1) is 11.4 Å². The number of hydrogen-bond acceptors (Lipinski definition) is 4. The number of hydrogen-bond donors (Lipinski definition) is 0. The topological polar surface area (TPSA) is 63.4 Å². The summed E-state index contributed by atoms with van der Waals surface area (Å²) in [6.07, 6.45) is 2.18. The lowest BCUT2D eigenvalue weighted by atomic mass is 10.1. The van der Waals surface area contributed by atoms with Crippen LogP contribution in [0.5, 0.6) is 0 Å². The van der Waals surface area contributed by atoms with Gasteiger partial charge in [-0.25, -0.2) is 0 Å². The van der Waals surface area contributed by atoms with E-state index < -0.39 is 10.8 Å². The first kappa shape index (κ1) is 16.9. The minimum atomic E-state index is -1.04. The number of rotatable bonds is 5. The maximum absolute atomic E-state index is 12.4. The van der Waals surface area contributed by atoms with Gasteiger partial charge in [0.25, 0.3) is 5.91 Å². The van der Waals surface area contributed by atoms with Crippen LogP contribution in [0.2, 0.25) is 0 Å². The standard InChI is InChI=1S/C18H22N2O3S/c1-13-17(14(2)23-19-13)12-24(22)11-15-5-7-16(8-6-15)18(21)20-9-3-4-10-20/h5-8H,3-4,9-12H2,1-2H3. The van der Waals surface area contributed by atoms with Gasteiger partial charge >= 0.3 is 0 Å². The van der Waals surface area contributed by atoms with Crippen LogP contribution in [0.1, 0.15) is 45.8 Å². The zero-order valence-corrected chi connectivity index (χ0v) is 14.9. The summed E-state index contributed by atoms with van der Waals surface area (Å²) in [4.78, 5) is 14.2. The second kappa shape index (κ2) is 7.30. The molecule has 1 aliphatic heterocycles. The van der Waals surface area contributed by atoms with Crippen molar-refractivity contribution in [2.75, 3.05) is 13.1 Å². The van der Waals surface area contributed by atoms with E-state index in [1.165, 1.54) is 0 Å². The van der Waals surface area contributed by atoms with Crippen LogP contribution in [-0.4, -0.2) is 33.3 Å². The molecule has 3 rings (SSSR count). The Morgan fingerprint density at radius 3 is 2.42 bits per heavy atom. The molecule has 5 nitrogen and oxygen atoms in total. The quantitative estimate of drug-likeness (QED) is 0.835. The molecule has 2 heterocycles. The predicted octanol–water partition coefficient (Wildman–Crippen LogP) is 2.98. The summed E-state index contributed by atoms with van der Waals surface area (Å²) in [5.41, 5.74) is 3.40. The first-order chi connectivity index (χ1) is 11.5. The highest BCUT2D eigenvalue weighted by molar-refractivity contribution is 7.83. The van der Waals surface area contributed by atoms with Crippen LogP contribution >= 0.6 is 0 Å². The van der Waals surface area contributed by atoms with E-state index in [2.05, 4.69) is 5.16 Å². The molecule has 1 saturated heterocycles. The van der Waals surface area contributed by atoms with Gasteiger partial charge in [0.2, 0.25) is 0 Å². The Morgan fingerprint density at radius 1 is 1.17 bits per heavy atom. The fraction of sp³-hybridized carbons (Fsp3) is 0.444. The van der Waals surface area contributed by atoms with Crippen LogP contribution in [-0.2, 0) is 22.3 Å². The van der Waals surface area contributed by atoms with E-state index in [1.807, 2.05) is 43.0 Å². The van der Waals surface area contributed by atoms with Gasteiger partial charge in [-0.3, -0.25) is 9.00 Å². The minimum absolute atomic E-state index is 0.0934. The number of carbonyl (C=O) groups is 1. The first-order valence-electron chi connectivity index (χ1n) is 8.19. The van der Waals surface area contributed by atoms with Crippen molar-refractivity contribution in [1.82, 2.24) is 10.1 Å². The highest BCUT2D eigenvalue weighted by Crippen LogP contribution is 2.18. The summed E-state index contributed by atoms with van der Waals surface area (Å²) in [6, 6.07) is 7.47. The number of amides is 1. The average Bonchev–Trinajstić information content (AvgIpc) is 3.21. The highest BCUT2D eigenvalue weighted by Gasteiger charge is 2.19. The second-order valence-electron chi connectivity index (χ2n) is 6.23. The third-order valence-corrected chi connectivity index (χ3v) is 5.67. The molecule has 0 spiro atoms. The molecule has 0 bridgehead atoms. The van der Waals surface area contributed by atoms with Gasteiger partial charge in [0.1, 0.15) is 5.76 Å². The predicted molar refractivity (Wildman–Crippen MR) is 93.1 cm³/mol. The van der Waals surface area contributed by atoms with E-state index in [1.54, 1.807) is 0 Å². The number of nitrogens with zero attached hydrogens (tertiary/aromatic N) is 2. The van der Waals surface area contributed by atoms with Crippen molar-refractivity contribution >= 4 is 16.7 Å². The molecule has 6 heteroatoms. The molecule has 0 aliphatic carbocycles. The van der Waals surface area contributed by atoms with E-state index in [-0.39, 0.29) is 5.91 Å². The number of aryl methyl sites for hydroxylation is 2. The zero-order chi connectivity index (χ0) is 17.1. The van der Waals surface area contributed by atoms with Gasteiger partial charge in [0, 0.05) is 40.8 Å². The van der Waals surface area contributed by atoms with Crippen LogP contribution in [0.4, 0.5) is 0 Å². The lowest BCUT2D eigenvalue weighted by Gasteiger charge is -2.15. The largest absolute Gasteiger partial charge is 0.361 e. The molecule has 1 aliphatic rings. The van der Waals surface area contributed by atoms with Crippen LogP contribution < -0.4 is 0 Å². The fourth-order valence-corrected chi connectivity index (χ4v) is 4.35. The van der Waals surface area contributed by atoms with Gasteiger partial charge in [0.15, 0.2) is 0 Å². The monoisotopic (exact) mass is 346 g/mol. The Hall–Kier alpha value is -1.95. The van der Waals surface area contributed by atoms with Crippen molar-refractivity contribution in [2.24, 2.45) is 0 Å². The van der Waals surface area contributed by atoms with E-state index in [9.17, 15) is 9.00 Å². The van der Waals surface area contributed by atoms with Gasteiger partial charge < -0.3 is 9.42 Å². The van der Waals surface area contributed by atoms with Crippen LogP contribution in [0.3, 0.4) is 0 Å². The van der Waals surface area contributed by atoms with Gasteiger partial charge in [-0.05, 0) is 44.4 Å². The molecule has 128 valence electrons. The third-order valence-electron chi connectivity index (χ3n) is 4.41. The molecule has 24 heavy (non-hydrogen) atoms. The molecule has 1 aromatic heterocycles. The third kappa shape index (κ3) is 3.75. The summed E-state index contributed by atoms with van der Waals surface area (Å²) >= 11 is 0. The number of aromatic nitrogens is 1. The molecular formula is C18H22N2O3S. The van der Waals surface area contributed by atoms with E-state index in [4.69, 9.17) is 4.52 Å². The summed E-state index contributed by atoms with van der Waals surface area (Å²) in [7, 11) is -1.04. The first-order valence-corrected chi connectivity index (χ1v) is 9.68. The summed E-state index contributed by atoms with van der Waals surface area (Å²) < 4.78 is 17.5. The van der Waals surface area contributed by atoms with Crippen LogP contribution in [0.15, 0.2) is 28.8 Å². The number of likely N-dealkylation sites (tertiary alicyclic amines) is 1. The Labute approximate surface area is 144 Å². The number of benzene rings is 1. The maximum atomic E-state index is 12.4. The smallest absolute Gasteiger partial charge is 0.253 e. The Balaban J connectivity index is 1.61. The van der Waals surface area contributed by atoms with Crippen molar-refractivity contribution in [1.29, 1.82) is 0 Å². The lowest BCUT2D eigenvalue weighted by Crippen LogP contribution is -2.27. The number of carbonyl (C=O) groups excluding carboxylic acids is 1. The van der Waals surface area contributed by atoms with Crippen LogP contribution in [0.25, 0.3) is 0 Å². The molecule has 1 atom stereocenters. The van der Waals surface area contributed by atoms with Crippen molar-refractivity contribution in [3.8, 4) is 0 Å². The molecule has 1 aromatic carbocycles. The molecule has 1 fully saturated rings. The van der Waals surface area contributed by atoms with Crippen molar-refractivity contribution in [2.45, 2.75) is 38.2 Å². The van der Waals surface area contributed by atoms with Crippen molar-refractivity contribution in [3.63, 3.8) is 0 Å². The average molecular weight is 346 g/mol. The fourth-order valence-electron chi connectivity index (χ4n) is 2.95. The summed E-state index contributed by atoms with van der Waals surface area (Å²) in [6.45, 7) is 5.40. The van der Waals surface area contributed by atoms with Crippen molar-refractivity contribution < 1.29 is 13.5 Å². The van der Waals surface area contributed by atoms with Gasteiger partial charge in [-0.2, -0.15) is 0 Å².